The first-order chi connectivity index (χ1) is 7.95. The van der Waals surface area contributed by atoms with Gasteiger partial charge in [-0.3, -0.25) is 4.98 Å². The number of pyridine rings is 1. The molecule has 0 bridgehead atoms. The van der Waals surface area contributed by atoms with Crippen molar-refractivity contribution in [2.45, 2.75) is 13.5 Å². The van der Waals surface area contributed by atoms with Crippen molar-refractivity contribution in [2.75, 3.05) is 26.4 Å². The third-order valence-corrected chi connectivity index (χ3v) is 4.21. The van der Waals surface area contributed by atoms with E-state index in [-0.39, 0.29) is 5.75 Å². The van der Waals surface area contributed by atoms with Gasteiger partial charge in [0.2, 0.25) is 10.0 Å². The lowest BCUT2D eigenvalue weighted by Crippen LogP contribution is -2.32. The minimum atomic E-state index is -3.20. The summed E-state index contributed by atoms with van der Waals surface area (Å²) in [7, 11) is 0.109. The Morgan fingerprint density at radius 1 is 1.41 bits per heavy atom. The number of hydrogen-bond donors (Lipinski definition) is 1. The molecule has 1 rings (SSSR count). The van der Waals surface area contributed by atoms with Gasteiger partial charge in [0.25, 0.3) is 0 Å². The number of hydrogen-bond acceptors (Lipinski definition) is 4. The highest BCUT2D eigenvalue weighted by Crippen LogP contribution is 2.06. The van der Waals surface area contributed by atoms with Crippen molar-refractivity contribution in [3.05, 3.63) is 29.6 Å². The minimum absolute atomic E-state index is 0.103. The summed E-state index contributed by atoms with van der Waals surface area (Å²) in [5.74, 6) is 0.103. The molecule has 0 spiro atoms. The van der Waals surface area contributed by atoms with Gasteiger partial charge >= 0.3 is 0 Å². The molecule has 17 heavy (non-hydrogen) atoms. The van der Waals surface area contributed by atoms with E-state index in [0.717, 1.165) is 11.4 Å². The van der Waals surface area contributed by atoms with E-state index in [2.05, 4.69) is 10.3 Å². The van der Waals surface area contributed by atoms with E-state index in [4.69, 9.17) is 0 Å². The highest BCUT2D eigenvalue weighted by atomic mass is 32.2. The fourth-order valence-corrected chi connectivity index (χ4v) is 2.50. The number of rotatable bonds is 6. The van der Waals surface area contributed by atoms with Gasteiger partial charge in [0.05, 0.1) is 18.0 Å². The summed E-state index contributed by atoms with van der Waals surface area (Å²) in [5, 5.41) is 2.83. The smallest absolute Gasteiger partial charge is 0.215 e. The molecule has 1 aromatic rings. The Morgan fingerprint density at radius 2 is 2.12 bits per heavy atom. The summed E-state index contributed by atoms with van der Waals surface area (Å²) in [6, 6.07) is 5.60. The first-order valence-electron chi connectivity index (χ1n) is 5.47. The standard InChI is InChI=1S/C11H19N3O2S/c1-10-5-4-6-11(13-10)9-14(3)17(15,16)8-7-12-2/h4-6,12H,7-9H2,1-3H3. The Hall–Kier alpha value is -0.980. The lowest BCUT2D eigenvalue weighted by molar-refractivity contribution is 0.461. The zero-order valence-electron chi connectivity index (χ0n) is 10.5. The van der Waals surface area contributed by atoms with E-state index in [1.54, 1.807) is 14.1 Å². The molecule has 5 nitrogen and oxygen atoms in total. The topological polar surface area (TPSA) is 62.3 Å². The molecule has 1 aromatic heterocycles. The van der Waals surface area contributed by atoms with Gasteiger partial charge in [-0.15, -0.1) is 0 Å². The Balaban J connectivity index is 2.68. The molecular formula is C11H19N3O2S. The third-order valence-electron chi connectivity index (χ3n) is 2.42. The summed E-state index contributed by atoms with van der Waals surface area (Å²) in [4.78, 5) is 4.29. The maximum Gasteiger partial charge on any atom is 0.215 e. The molecule has 1 N–H and O–H groups in total. The monoisotopic (exact) mass is 257 g/mol. The van der Waals surface area contributed by atoms with E-state index >= 15 is 0 Å². The molecule has 0 aromatic carbocycles. The molecule has 0 aliphatic heterocycles. The molecule has 0 fully saturated rings. The van der Waals surface area contributed by atoms with Crippen LogP contribution in [-0.2, 0) is 16.6 Å². The van der Waals surface area contributed by atoms with E-state index in [1.807, 2.05) is 25.1 Å². The van der Waals surface area contributed by atoms with Crippen LogP contribution in [0.3, 0.4) is 0 Å². The Bertz CT molecular complexity index is 460. The second kappa shape index (κ2) is 6.09. The third kappa shape index (κ3) is 4.41. The maximum atomic E-state index is 11.8. The zero-order valence-corrected chi connectivity index (χ0v) is 11.3. The lowest BCUT2D eigenvalue weighted by Gasteiger charge is -2.16. The highest BCUT2D eigenvalue weighted by Gasteiger charge is 2.17. The van der Waals surface area contributed by atoms with Crippen molar-refractivity contribution in [3.8, 4) is 0 Å². The summed E-state index contributed by atoms with van der Waals surface area (Å²) >= 11 is 0. The van der Waals surface area contributed by atoms with Crippen molar-refractivity contribution < 1.29 is 8.42 Å². The van der Waals surface area contributed by atoms with Crippen LogP contribution in [0.15, 0.2) is 18.2 Å². The zero-order chi connectivity index (χ0) is 12.9. The van der Waals surface area contributed by atoms with Crippen LogP contribution in [0.4, 0.5) is 0 Å². The summed E-state index contributed by atoms with van der Waals surface area (Å²) in [6.45, 7) is 2.65. The van der Waals surface area contributed by atoms with Crippen LogP contribution in [0.1, 0.15) is 11.4 Å². The molecule has 6 heteroatoms. The number of nitrogens with zero attached hydrogens (tertiary/aromatic N) is 2. The number of aromatic nitrogens is 1. The second-order valence-electron chi connectivity index (χ2n) is 3.95. The Kier molecular flexibility index (Phi) is 5.04. The van der Waals surface area contributed by atoms with Gasteiger partial charge in [-0.05, 0) is 26.1 Å². The highest BCUT2D eigenvalue weighted by molar-refractivity contribution is 7.89. The molecule has 0 aliphatic carbocycles. The van der Waals surface area contributed by atoms with E-state index < -0.39 is 10.0 Å². The van der Waals surface area contributed by atoms with Crippen LogP contribution in [0.5, 0.6) is 0 Å². The van der Waals surface area contributed by atoms with Crippen molar-refractivity contribution in [1.82, 2.24) is 14.6 Å². The molecule has 0 unspecified atom stereocenters. The van der Waals surface area contributed by atoms with Crippen molar-refractivity contribution in [3.63, 3.8) is 0 Å². The maximum absolute atomic E-state index is 11.8. The van der Waals surface area contributed by atoms with Crippen LogP contribution in [0.25, 0.3) is 0 Å². The van der Waals surface area contributed by atoms with Gasteiger partial charge < -0.3 is 5.32 Å². The number of sulfonamides is 1. The van der Waals surface area contributed by atoms with Crippen LogP contribution in [0.2, 0.25) is 0 Å². The number of nitrogens with one attached hydrogen (secondary N) is 1. The SMILES string of the molecule is CNCCS(=O)(=O)N(C)Cc1cccc(C)n1. The summed E-state index contributed by atoms with van der Waals surface area (Å²) < 4.78 is 25.0. The predicted molar refractivity (Wildman–Crippen MR) is 68.2 cm³/mol. The van der Waals surface area contributed by atoms with Crippen molar-refractivity contribution >= 4 is 10.0 Å². The minimum Gasteiger partial charge on any atom is -0.319 e. The molecule has 0 amide bonds. The molecule has 0 aliphatic rings. The quantitative estimate of drug-likeness (QED) is 0.800. The van der Waals surface area contributed by atoms with Crippen LogP contribution < -0.4 is 5.32 Å². The van der Waals surface area contributed by atoms with E-state index in [0.29, 0.717) is 13.1 Å². The van der Waals surface area contributed by atoms with Gasteiger partial charge in [0.15, 0.2) is 0 Å². The normalized spacial score (nSPS) is 12.0. The second-order valence-corrected chi connectivity index (χ2v) is 6.14. The van der Waals surface area contributed by atoms with E-state index in [1.165, 1.54) is 4.31 Å². The van der Waals surface area contributed by atoms with Gasteiger partial charge in [-0.2, -0.15) is 4.31 Å². The average molecular weight is 257 g/mol. The van der Waals surface area contributed by atoms with Gasteiger partial charge in [0, 0.05) is 19.3 Å². The fourth-order valence-electron chi connectivity index (χ4n) is 1.40. The van der Waals surface area contributed by atoms with Crippen molar-refractivity contribution in [1.29, 1.82) is 0 Å². The number of aryl methyl sites for hydroxylation is 1. The molecule has 0 saturated carbocycles. The van der Waals surface area contributed by atoms with Crippen molar-refractivity contribution in [2.24, 2.45) is 0 Å². The molecule has 96 valence electrons. The molecule has 0 saturated heterocycles. The van der Waals surface area contributed by atoms with E-state index in [9.17, 15) is 8.42 Å². The average Bonchev–Trinajstić information content (AvgIpc) is 2.26. The first-order valence-corrected chi connectivity index (χ1v) is 7.08. The molecule has 1 heterocycles. The predicted octanol–water partition coefficient (Wildman–Crippen LogP) is 0.371. The van der Waals surface area contributed by atoms with Crippen LogP contribution in [-0.4, -0.2) is 44.1 Å². The van der Waals surface area contributed by atoms with Gasteiger partial charge in [-0.25, -0.2) is 8.42 Å². The summed E-state index contributed by atoms with van der Waals surface area (Å²) in [5.41, 5.74) is 1.66. The Labute approximate surface area is 103 Å². The molecule has 0 atom stereocenters. The lowest BCUT2D eigenvalue weighted by atomic mass is 10.3. The van der Waals surface area contributed by atoms with Crippen LogP contribution >= 0.6 is 0 Å². The van der Waals surface area contributed by atoms with Gasteiger partial charge in [-0.1, -0.05) is 6.07 Å². The first kappa shape index (κ1) is 14.1. The van der Waals surface area contributed by atoms with Gasteiger partial charge in [0.1, 0.15) is 0 Å². The summed E-state index contributed by atoms with van der Waals surface area (Å²) in [6.07, 6.45) is 0. The van der Waals surface area contributed by atoms with Crippen LogP contribution in [0, 0.1) is 6.92 Å². The largest absolute Gasteiger partial charge is 0.319 e. The fraction of sp³-hybridized carbons (Fsp3) is 0.545. The Morgan fingerprint density at radius 3 is 2.71 bits per heavy atom. The molecule has 0 radical (unpaired) electrons. The molecular weight excluding hydrogens is 238 g/mol.